The highest BCUT2D eigenvalue weighted by Gasteiger charge is 2.28. The first-order valence-corrected chi connectivity index (χ1v) is 11.9. The van der Waals surface area contributed by atoms with Crippen LogP contribution >= 0.6 is 11.6 Å². The van der Waals surface area contributed by atoms with E-state index in [1.807, 2.05) is 26.0 Å². The van der Waals surface area contributed by atoms with Crippen molar-refractivity contribution in [3.05, 3.63) is 80.7 Å². The fraction of sp³-hybridized carbons (Fsp3) is 0.346. The van der Waals surface area contributed by atoms with E-state index in [0.29, 0.717) is 19.3 Å². The Hall–Kier alpha value is -3.07. The van der Waals surface area contributed by atoms with Crippen LogP contribution in [0.15, 0.2) is 36.4 Å². The number of aryl methyl sites for hydroxylation is 3. The molecule has 2 aromatic carbocycles. The minimum Gasteiger partial charge on any atom is -0.434 e. The smallest absolute Gasteiger partial charge is 0.257 e. The van der Waals surface area contributed by atoms with Crippen molar-refractivity contribution in [2.75, 3.05) is 6.61 Å². The monoisotopic (exact) mass is 498 g/mol. The maximum absolute atomic E-state index is 14.5. The molecule has 4 rings (SSSR count). The topological polar surface area (TPSA) is 99.4 Å². The van der Waals surface area contributed by atoms with Crippen molar-refractivity contribution in [1.82, 2.24) is 15.5 Å². The average Bonchev–Trinajstić information content (AvgIpc) is 2.83. The average molecular weight is 499 g/mol. The number of nitrogens with one attached hydrogen (secondary N) is 1. The van der Waals surface area contributed by atoms with Gasteiger partial charge in [-0.15, -0.1) is 5.10 Å². The number of hydrogen-bond acceptors (Lipinski definition) is 6. The van der Waals surface area contributed by atoms with Gasteiger partial charge in [0.2, 0.25) is 0 Å². The van der Waals surface area contributed by atoms with E-state index < -0.39 is 17.8 Å². The molecule has 3 aromatic rings. The first kappa shape index (κ1) is 25.0. The van der Waals surface area contributed by atoms with Gasteiger partial charge in [-0.25, -0.2) is 10.3 Å². The normalized spacial score (nSPS) is 13.7. The van der Waals surface area contributed by atoms with Crippen molar-refractivity contribution in [2.24, 2.45) is 5.90 Å². The number of nitrogens with zero attached hydrogens (tertiary/aromatic N) is 2. The largest absolute Gasteiger partial charge is 0.434 e. The van der Waals surface area contributed by atoms with Gasteiger partial charge in [0.25, 0.3) is 11.8 Å². The zero-order valence-electron chi connectivity index (χ0n) is 19.7. The maximum atomic E-state index is 14.5. The lowest BCUT2D eigenvalue weighted by Gasteiger charge is -2.23. The molecule has 9 heteroatoms. The highest BCUT2D eigenvalue weighted by atomic mass is 35.5. The number of nitrogens with two attached hydrogens (primary N) is 1. The Morgan fingerprint density at radius 1 is 1.20 bits per heavy atom. The van der Waals surface area contributed by atoms with Crippen LogP contribution in [-0.4, -0.2) is 28.8 Å². The van der Waals surface area contributed by atoms with E-state index in [9.17, 15) is 9.18 Å². The summed E-state index contributed by atoms with van der Waals surface area (Å²) in [6, 6.07) is 10.1. The highest BCUT2D eigenvalue weighted by Crippen LogP contribution is 2.33. The molecule has 1 heterocycles. The van der Waals surface area contributed by atoms with Crippen LogP contribution in [0.1, 0.15) is 51.1 Å². The first-order valence-electron chi connectivity index (χ1n) is 11.6. The molecule has 0 unspecified atom stereocenters. The summed E-state index contributed by atoms with van der Waals surface area (Å²) >= 11 is 5.90. The van der Waals surface area contributed by atoms with Crippen molar-refractivity contribution in [2.45, 2.75) is 52.0 Å². The Balaban J connectivity index is 1.66. The summed E-state index contributed by atoms with van der Waals surface area (Å²) in [5, 5.41) is 11.3. The number of halogens is 2. The quantitative estimate of drug-likeness (QED) is 0.433. The third-order valence-corrected chi connectivity index (χ3v) is 6.45. The van der Waals surface area contributed by atoms with Crippen LogP contribution in [0.2, 0.25) is 5.02 Å². The molecule has 35 heavy (non-hydrogen) atoms. The first-order chi connectivity index (χ1) is 16.9. The van der Waals surface area contributed by atoms with E-state index in [2.05, 4.69) is 21.6 Å². The maximum Gasteiger partial charge on any atom is 0.257 e. The predicted molar refractivity (Wildman–Crippen MR) is 131 cm³/mol. The van der Waals surface area contributed by atoms with Gasteiger partial charge in [0.15, 0.2) is 11.6 Å². The number of amides is 1. The third-order valence-electron chi connectivity index (χ3n) is 6.16. The van der Waals surface area contributed by atoms with Gasteiger partial charge in [-0.1, -0.05) is 41.4 Å². The van der Waals surface area contributed by atoms with Gasteiger partial charge in [-0.3, -0.25) is 4.79 Å². The predicted octanol–water partition coefficient (Wildman–Crippen LogP) is 4.79. The lowest BCUT2D eigenvalue weighted by Crippen LogP contribution is -2.41. The van der Waals surface area contributed by atoms with Crippen LogP contribution in [0.5, 0.6) is 11.6 Å². The molecule has 0 fully saturated rings. The van der Waals surface area contributed by atoms with E-state index in [0.717, 1.165) is 40.8 Å². The zero-order valence-corrected chi connectivity index (χ0v) is 20.5. The van der Waals surface area contributed by atoms with E-state index in [1.165, 1.54) is 12.1 Å². The Morgan fingerprint density at radius 2 is 2.00 bits per heavy atom. The van der Waals surface area contributed by atoms with Crippen LogP contribution in [0.3, 0.4) is 0 Å². The molecule has 0 bridgehead atoms. The number of fused-ring (bicyclic) bond motifs is 1. The fourth-order valence-electron chi connectivity index (χ4n) is 4.39. The molecule has 1 aliphatic rings. The summed E-state index contributed by atoms with van der Waals surface area (Å²) in [6.07, 6.45) is 3.75. The lowest BCUT2D eigenvalue weighted by molar-refractivity contribution is 0.0835. The van der Waals surface area contributed by atoms with Gasteiger partial charge in [-0.2, -0.15) is 5.10 Å². The molecule has 0 spiro atoms. The van der Waals surface area contributed by atoms with Gasteiger partial charge >= 0.3 is 0 Å². The fourth-order valence-corrected chi connectivity index (χ4v) is 4.56. The summed E-state index contributed by atoms with van der Waals surface area (Å²) in [5.74, 6) is 4.05. The molecule has 0 saturated carbocycles. The molecule has 1 amide bonds. The number of carbonyl (C=O) groups is 1. The third kappa shape index (κ3) is 5.78. The minimum absolute atomic E-state index is 0.0664. The Kier molecular flexibility index (Phi) is 7.95. The molecular weight excluding hydrogens is 471 g/mol. The Bertz CT molecular complexity index is 1240. The molecule has 0 radical (unpaired) electrons. The number of hydrogen-bond donors (Lipinski definition) is 2. The van der Waals surface area contributed by atoms with Gasteiger partial charge in [0, 0.05) is 0 Å². The van der Waals surface area contributed by atoms with Crippen LogP contribution in [0.25, 0.3) is 0 Å². The number of carbonyl (C=O) groups excluding carboxylic acids is 1. The van der Waals surface area contributed by atoms with Crippen LogP contribution in [0.4, 0.5) is 4.39 Å². The molecule has 0 aliphatic heterocycles. The second kappa shape index (κ2) is 11.1. The van der Waals surface area contributed by atoms with E-state index in [-0.39, 0.29) is 28.8 Å². The number of ether oxygens (including phenoxy) is 1. The van der Waals surface area contributed by atoms with E-state index in [1.54, 1.807) is 6.07 Å². The zero-order chi connectivity index (χ0) is 24.9. The van der Waals surface area contributed by atoms with Crippen molar-refractivity contribution in [3.8, 4) is 11.6 Å². The van der Waals surface area contributed by atoms with Crippen LogP contribution < -0.4 is 16.0 Å². The van der Waals surface area contributed by atoms with E-state index >= 15 is 0 Å². The van der Waals surface area contributed by atoms with Crippen molar-refractivity contribution < 1.29 is 18.8 Å². The molecule has 0 saturated heterocycles. The molecule has 3 N–H and O–H groups in total. The molecule has 184 valence electrons. The second-order valence-electron chi connectivity index (χ2n) is 8.80. The Morgan fingerprint density at radius 3 is 2.77 bits per heavy atom. The highest BCUT2D eigenvalue weighted by molar-refractivity contribution is 6.30. The molecule has 1 aliphatic carbocycles. The summed E-state index contributed by atoms with van der Waals surface area (Å²) in [4.78, 5) is 18.5. The van der Waals surface area contributed by atoms with Crippen molar-refractivity contribution in [3.63, 3.8) is 0 Å². The number of benzene rings is 2. The summed E-state index contributed by atoms with van der Waals surface area (Å²) in [6.45, 7) is 4.17. The van der Waals surface area contributed by atoms with Gasteiger partial charge in [0.1, 0.15) is 5.56 Å². The Labute approximate surface area is 208 Å². The van der Waals surface area contributed by atoms with Crippen molar-refractivity contribution in [1.29, 1.82) is 0 Å². The van der Waals surface area contributed by atoms with Gasteiger partial charge in [0.05, 0.1) is 23.4 Å². The molecule has 1 atom stereocenters. The standard InChI is InChI=1S/C26H28ClFN4O3/c1-15-10-11-17(16(2)12-15)13-18(14-34-29)30-25(33)23-19-6-3-4-8-21(19)31-32-26(23)35-22-9-5-7-20(27)24(22)28/h5,7,9-12,18H,3-4,6,8,13-14,29H2,1-2H3,(H,30,33)/t18-/m1/s1. The van der Waals surface area contributed by atoms with Crippen LogP contribution in [-0.2, 0) is 24.1 Å². The number of rotatable bonds is 8. The molecular formula is C26H28ClFN4O3. The SMILES string of the molecule is Cc1ccc(C[C@H](CON)NC(=O)c2c(Oc3cccc(Cl)c3F)nnc3c2CCCC3)c(C)c1. The van der Waals surface area contributed by atoms with Gasteiger partial charge < -0.3 is 14.9 Å². The van der Waals surface area contributed by atoms with Gasteiger partial charge in [-0.05, 0) is 74.8 Å². The molecule has 1 aromatic heterocycles. The van der Waals surface area contributed by atoms with E-state index in [4.69, 9.17) is 27.1 Å². The van der Waals surface area contributed by atoms with Crippen LogP contribution in [0, 0.1) is 19.7 Å². The molecule has 7 nitrogen and oxygen atoms in total. The lowest BCUT2D eigenvalue weighted by atomic mass is 9.92. The minimum atomic E-state index is -0.732. The number of aromatic nitrogens is 2. The summed E-state index contributed by atoms with van der Waals surface area (Å²) in [7, 11) is 0. The second-order valence-corrected chi connectivity index (χ2v) is 9.21. The summed E-state index contributed by atoms with van der Waals surface area (Å²) in [5.41, 5.74) is 5.11. The summed E-state index contributed by atoms with van der Waals surface area (Å²) < 4.78 is 20.3. The van der Waals surface area contributed by atoms with Crippen molar-refractivity contribution >= 4 is 17.5 Å².